The first kappa shape index (κ1) is 17.0. The number of carbonyl (C=O) groups excluding carboxylic acids is 1. The fourth-order valence-corrected chi connectivity index (χ4v) is 7.98. The molecule has 0 aromatic rings. The summed E-state index contributed by atoms with van der Waals surface area (Å²) in [5, 5.41) is 20.7. The van der Waals surface area contributed by atoms with E-state index < -0.39 is 12.2 Å². The molecule has 3 nitrogen and oxygen atoms in total. The Bertz CT molecular complexity index is 531. The molecule has 4 aliphatic carbocycles. The van der Waals surface area contributed by atoms with Crippen molar-refractivity contribution in [3.63, 3.8) is 0 Å². The van der Waals surface area contributed by atoms with Crippen molar-refractivity contribution in [1.29, 1.82) is 0 Å². The number of Topliss-reactive ketones (excluding diaryl/α,β-unsaturated/α-hetero) is 1. The standard InChI is InChI=1S/C21H34O3/c1-12(22)14-6-7-15-13-4-5-17-19(24)18(23)9-11-21(17,3)16(13)8-10-20(14,15)2/h13-19,23-24H,4-11H2,1-3H3/t13-,14+,15-,16-,17+,18-,19-,20+,21+/m0/s1. The van der Waals surface area contributed by atoms with Crippen molar-refractivity contribution in [2.45, 2.75) is 84.3 Å². The summed E-state index contributed by atoms with van der Waals surface area (Å²) in [6.07, 6.45) is 7.64. The lowest BCUT2D eigenvalue weighted by Gasteiger charge is -2.61. The highest BCUT2D eigenvalue weighted by molar-refractivity contribution is 5.79. The smallest absolute Gasteiger partial charge is 0.133 e. The van der Waals surface area contributed by atoms with E-state index >= 15 is 0 Å². The lowest BCUT2D eigenvalue weighted by molar-refractivity contribution is -0.174. The van der Waals surface area contributed by atoms with Crippen LogP contribution < -0.4 is 0 Å². The number of ketones is 1. The first-order chi connectivity index (χ1) is 11.3. The van der Waals surface area contributed by atoms with Gasteiger partial charge in [-0.05, 0) is 92.8 Å². The van der Waals surface area contributed by atoms with Crippen LogP contribution in [0.15, 0.2) is 0 Å². The Hall–Kier alpha value is -0.410. The minimum atomic E-state index is -0.536. The molecule has 4 aliphatic rings. The number of hydrogen-bond donors (Lipinski definition) is 2. The molecule has 24 heavy (non-hydrogen) atoms. The van der Waals surface area contributed by atoms with E-state index in [2.05, 4.69) is 13.8 Å². The molecule has 0 bridgehead atoms. The first-order valence-corrected chi connectivity index (χ1v) is 10.2. The molecule has 0 aliphatic heterocycles. The number of fused-ring (bicyclic) bond motifs is 5. The lowest BCUT2D eigenvalue weighted by Crippen LogP contribution is -2.58. The fraction of sp³-hybridized carbons (Fsp3) is 0.952. The van der Waals surface area contributed by atoms with Gasteiger partial charge in [-0.2, -0.15) is 0 Å². The lowest BCUT2D eigenvalue weighted by atomic mass is 9.44. The van der Waals surface area contributed by atoms with Gasteiger partial charge in [0.15, 0.2) is 0 Å². The van der Waals surface area contributed by atoms with Gasteiger partial charge in [0, 0.05) is 5.92 Å². The summed E-state index contributed by atoms with van der Waals surface area (Å²) in [5.74, 6) is 3.00. The van der Waals surface area contributed by atoms with E-state index in [9.17, 15) is 15.0 Å². The minimum absolute atomic E-state index is 0.178. The third kappa shape index (κ3) is 2.13. The molecule has 0 saturated heterocycles. The maximum absolute atomic E-state index is 12.2. The van der Waals surface area contributed by atoms with Gasteiger partial charge in [-0.25, -0.2) is 0 Å². The molecule has 4 fully saturated rings. The van der Waals surface area contributed by atoms with Crippen LogP contribution in [0.25, 0.3) is 0 Å². The van der Waals surface area contributed by atoms with E-state index in [1.807, 2.05) is 0 Å². The van der Waals surface area contributed by atoms with Crippen LogP contribution in [0.2, 0.25) is 0 Å². The Morgan fingerprint density at radius 3 is 2.17 bits per heavy atom. The molecular weight excluding hydrogens is 300 g/mol. The second-order valence-corrected chi connectivity index (χ2v) is 9.95. The summed E-state index contributed by atoms with van der Waals surface area (Å²) in [4.78, 5) is 12.2. The van der Waals surface area contributed by atoms with Crippen LogP contribution in [0, 0.1) is 40.4 Å². The van der Waals surface area contributed by atoms with Gasteiger partial charge in [-0.1, -0.05) is 13.8 Å². The average Bonchev–Trinajstić information content (AvgIpc) is 2.89. The molecule has 0 unspecified atom stereocenters. The molecule has 2 N–H and O–H groups in total. The highest BCUT2D eigenvalue weighted by atomic mass is 16.3. The van der Waals surface area contributed by atoms with Crippen LogP contribution in [0.5, 0.6) is 0 Å². The van der Waals surface area contributed by atoms with Gasteiger partial charge in [-0.15, -0.1) is 0 Å². The van der Waals surface area contributed by atoms with Crippen LogP contribution in [0.1, 0.15) is 72.1 Å². The van der Waals surface area contributed by atoms with Gasteiger partial charge in [0.25, 0.3) is 0 Å². The predicted octanol–water partition coefficient (Wildman–Crippen LogP) is 3.57. The fourth-order valence-electron chi connectivity index (χ4n) is 7.98. The Balaban J connectivity index is 1.63. The van der Waals surface area contributed by atoms with Crippen LogP contribution in [-0.4, -0.2) is 28.2 Å². The molecule has 4 saturated carbocycles. The van der Waals surface area contributed by atoms with Crippen molar-refractivity contribution >= 4 is 5.78 Å². The average molecular weight is 335 g/mol. The third-order valence-corrected chi connectivity index (χ3v) is 9.22. The number of aliphatic hydroxyl groups excluding tert-OH is 2. The summed E-state index contributed by atoms with van der Waals surface area (Å²) in [6, 6.07) is 0. The normalized spacial score (nSPS) is 57.0. The minimum Gasteiger partial charge on any atom is -0.390 e. The van der Waals surface area contributed by atoms with Crippen molar-refractivity contribution in [1.82, 2.24) is 0 Å². The monoisotopic (exact) mass is 334 g/mol. The van der Waals surface area contributed by atoms with Gasteiger partial charge in [0.05, 0.1) is 12.2 Å². The summed E-state index contributed by atoms with van der Waals surface area (Å²) >= 11 is 0. The second-order valence-electron chi connectivity index (χ2n) is 9.95. The molecule has 3 heteroatoms. The van der Waals surface area contributed by atoms with E-state index in [1.54, 1.807) is 6.92 Å². The second kappa shape index (κ2) is 5.54. The third-order valence-electron chi connectivity index (χ3n) is 9.22. The van der Waals surface area contributed by atoms with E-state index in [4.69, 9.17) is 0 Å². The molecule has 0 spiro atoms. The van der Waals surface area contributed by atoms with Gasteiger partial charge < -0.3 is 10.2 Å². The molecule has 0 aromatic heterocycles. The molecule has 0 heterocycles. The largest absolute Gasteiger partial charge is 0.390 e. The van der Waals surface area contributed by atoms with E-state index in [0.29, 0.717) is 17.6 Å². The Labute approximate surface area is 146 Å². The summed E-state index contributed by atoms with van der Waals surface area (Å²) in [6.45, 7) is 6.58. The zero-order valence-electron chi connectivity index (χ0n) is 15.5. The Morgan fingerprint density at radius 2 is 1.46 bits per heavy atom. The van der Waals surface area contributed by atoms with Crippen LogP contribution in [-0.2, 0) is 4.79 Å². The SMILES string of the molecule is CC(=O)[C@H]1CC[C@H]2[C@@H]3CC[C@@H]4[C@H](O)[C@@H](O)CC[C@]4(C)[C@H]3CC[C@]12C. The first-order valence-electron chi connectivity index (χ1n) is 10.2. The topological polar surface area (TPSA) is 57.5 Å². The Morgan fingerprint density at radius 1 is 0.833 bits per heavy atom. The molecule has 4 rings (SSSR count). The summed E-state index contributed by atoms with van der Waals surface area (Å²) in [7, 11) is 0. The maximum Gasteiger partial charge on any atom is 0.133 e. The highest BCUT2D eigenvalue weighted by Crippen LogP contribution is 2.67. The van der Waals surface area contributed by atoms with Crippen molar-refractivity contribution < 1.29 is 15.0 Å². The molecule has 9 atom stereocenters. The van der Waals surface area contributed by atoms with Gasteiger partial charge in [0.1, 0.15) is 5.78 Å². The van der Waals surface area contributed by atoms with Crippen LogP contribution in [0.4, 0.5) is 0 Å². The van der Waals surface area contributed by atoms with Gasteiger partial charge >= 0.3 is 0 Å². The zero-order valence-corrected chi connectivity index (χ0v) is 15.5. The summed E-state index contributed by atoms with van der Waals surface area (Å²) in [5.41, 5.74) is 0.389. The van der Waals surface area contributed by atoms with Crippen molar-refractivity contribution in [2.24, 2.45) is 40.4 Å². The highest BCUT2D eigenvalue weighted by Gasteiger charge is 2.62. The number of rotatable bonds is 1. The number of aliphatic hydroxyl groups is 2. The van der Waals surface area contributed by atoms with Crippen molar-refractivity contribution in [3.8, 4) is 0 Å². The predicted molar refractivity (Wildman–Crippen MR) is 93.3 cm³/mol. The van der Waals surface area contributed by atoms with E-state index in [-0.39, 0.29) is 22.7 Å². The van der Waals surface area contributed by atoms with Crippen molar-refractivity contribution in [2.75, 3.05) is 0 Å². The number of carbonyl (C=O) groups is 1. The van der Waals surface area contributed by atoms with Crippen LogP contribution >= 0.6 is 0 Å². The maximum atomic E-state index is 12.2. The van der Waals surface area contributed by atoms with Gasteiger partial charge in [0.2, 0.25) is 0 Å². The van der Waals surface area contributed by atoms with Gasteiger partial charge in [-0.3, -0.25) is 4.79 Å². The molecule has 0 amide bonds. The molecule has 0 radical (unpaired) electrons. The van der Waals surface area contributed by atoms with E-state index in [0.717, 1.165) is 31.6 Å². The zero-order chi connectivity index (χ0) is 17.3. The molecular formula is C21H34O3. The van der Waals surface area contributed by atoms with Crippen molar-refractivity contribution in [3.05, 3.63) is 0 Å². The van der Waals surface area contributed by atoms with E-state index in [1.165, 1.54) is 25.7 Å². The van der Waals surface area contributed by atoms with Crippen LogP contribution in [0.3, 0.4) is 0 Å². The quantitative estimate of drug-likeness (QED) is 0.771. The summed E-state index contributed by atoms with van der Waals surface area (Å²) < 4.78 is 0. The molecule has 136 valence electrons. The Kier molecular flexibility index (Phi) is 3.93. The molecule has 0 aromatic carbocycles. The number of hydrogen-bond acceptors (Lipinski definition) is 3.